The molecule has 5 heteroatoms. The lowest BCUT2D eigenvalue weighted by atomic mass is 10.1. The Bertz CT molecular complexity index is 682. The SMILES string of the molecule is C=C(C)C(=O)Oc1ccc(C2=CN2)c(C(=N)OC(C)(C)C)c1. The van der Waals surface area contributed by atoms with Crippen LogP contribution in [0.2, 0.25) is 0 Å². The molecule has 0 aromatic heterocycles. The van der Waals surface area contributed by atoms with E-state index in [1.54, 1.807) is 25.1 Å². The van der Waals surface area contributed by atoms with Crippen LogP contribution in [0.15, 0.2) is 36.6 Å². The van der Waals surface area contributed by atoms with Gasteiger partial charge in [0, 0.05) is 22.9 Å². The first-order valence-corrected chi connectivity index (χ1v) is 6.94. The van der Waals surface area contributed by atoms with E-state index in [1.165, 1.54) is 0 Å². The van der Waals surface area contributed by atoms with Crippen LogP contribution in [0.3, 0.4) is 0 Å². The van der Waals surface area contributed by atoms with Crippen LogP contribution in [0.1, 0.15) is 38.8 Å². The van der Waals surface area contributed by atoms with Gasteiger partial charge in [0.15, 0.2) is 0 Å². The lowest BCUT2D eigenvalue weighted by Crippen LogP contribution is -2.24. The Morgan fingerprint density at radius 3 is 2.45 bits per heavy atom. The average Bonchev–Trinajstić information content (AvgIpc) is 3.20. The Morgan fingerprint density at radius 1 is 1.32 bits per heavy atom. The number of carbonyl (C=O) groups excluding carboxylic acids is 1. The molecule has 0 atom stereocenters. The van der Waals surface area contributed by atoms with E-state index >= 15 is 0 Å². The summed E-state index contributed by atoms with van der Waals surface area (Å²) < 4.78 is 10.8. The number of rotatable bonds is 4. The molecule has 1 aromatic carbocycles. The van der Waals surface area contributed by atoms with Crippen molar-refractivity contribution in [2.45, 2.75) is 33.3 Å². The van der Waals surface area contributed by atoms with Gasteiger partial charge in [0.25, 0.3) is 0 Å². The van der Waals surface area contributed by atoms with E-state index in [0.29, 0.717) is 16.9 Å². The minimum absolute atomic E-state index is 0.0327. The van der Waals surface area contributed by atoms with Crippen LogP contribution in [0.4, 0.5) is 0 Å². The molecule has 0 saturated carbocycles. The highest BCUT2D eigenvalue weighted by Gasteiger charge is 2.22. The molecule has 0 radical (unpaired) electrons. The molecule has 1 aliphatic rings. The second-order valence-corrected chi connectivity index (χ2v) is 6.12. The van der Waals surface area contributed by atoms with Crippen LogP contribution in [0.25, 0.3) is 5.70 Å². The molecule has 1 heterocycles. The maximum absolute atomic E-state index is 11.6. The molecule has 5 nitrogen and oxygen atoms in total. The summed E-state index contributed by atoms with van der Waals surface area (Å²) in [4.78, 5) is 11.6. The second kappa shape index (κ2) is 5.67. The van der Waals surface area contributed by atoms with Gasteiger partial charge in [-0.15, -0.1) is 0 Å². The summed E-state index contributed by atoms with van der Waals surface area (Å²) >= 11 is 0. The van der Waals surface area contributed by atoms with Crippen LogP contribution in [-0.4, -0.2) is 17.5 Å². The fourth-order valence-electron chi connectivity index (χ4n) is 1.76. The molecule has 0 unspecified atom stereocenters. The first kappa shape index (κ1) is 15.8. The summed E-state index contributed by atoms with van der Waals surface area (Å²) in [5.74, 6) is -0.105. The molecule has 0 aliphatic carbocycles. The van der Waals surface area contributed by atoms with Crippen molar-refractivity contribution in [2.75, 3.05) is 0 Å². The number of hydrogen-bond donors (Lipinski definition) is 2. The van der Waals surface area contributed by atoms with E-state index in [2.05, 4.69) is 11.9 Å². The first-order valence-electron chi connectivity index (χ1n) is 6.94. The zero-order valence-corrected chi connectivity index (χ0v) is 13.2. The number of carbonyl (C=O) groups is 1. The van der Waals surface area contributed by atoms with Gasteiger partial charge in [-0.2, -0.15) is 0 Å². The van der Waals surface area contributed by atoms with Gasteiger partial charge >= 0.3 is 5.97 Å². The van der Waals surface area contributed by atoms with E-state index in [0.717, 1.165) is 11.3 Å². The first-order chi connectivity index (χ1) is 10.2. The third-order valence-corrected chi connectivity index (χ3v) is 2.78. The summed E-state index contributed by atoms with van der Waals surface area (Å²) in [6.45, 7) is 10.8. The standard InChI is InChI=1S/C17H20N2O3/c1-10(2)16(20)21-11-6-7-12(14-9-19-14)13(8-11)15(18)22-17(3,4)5/h6-9,18-19H,1H2,2-5H3. The highest BCUT2D eigenvalue weighted by atomic mass is 16.5. The van der Waals surface area contributed by atoms with Gasteiger partial charge in [-0.3, -0.25) is 5.41 Å². The van der Waals surface area contributed by atoms with Gasteiger partial charge < -0.3 is 14.8 Å². The molecule has 0 saturated heterocycles. The molecule has 2 N–H and O–H groups in total. The van der Waals surface area contributed by atoms with Gasteiger partial charge in [-0.05, 0) is 45.9 Å². The van der Waals surface area contributed by atoms with Crippen molar-refractivity contribution in [3.8, 4) is 5.75 Å². The van der Waals surface area contributed by atoms with Crippen LogP contribution < -0.4 is 10.1 Å². The Kier molecular flexibility index (Phi) is 4.08. The van der Waals surface area contributed by atoms with E-state index in [4.69, 9.17) is 14.9 Å². The maximum atomic E-state index is 11.6. The lowest BCUT2D eigenvalue weighted by Gasteiger charge is -2.22. The molecule has 0 fully saturated rings. The van der Waals surface area contributed by atoms with Crippen LogP contribution in [0.5, 0.6) is 5.75 Å². The average molecular weight is 300 g/mol. The summed E-state index contributed by atoms with van der Waals surface area (Å²) in [6.07, 6.45) is 1.84. The predicted molar refractivity (Wildman–Crippen MR) is 85.7 cm³/mol. The van der Waals surface area contributed by atoms with Gasteiger partial charge in [-0.1, -0.05) is 6.58 Å². The van der Waals surface area contributed by atoms with Gasteiger partial charge in [0.1, 0.15) is 11.4 Å². The largest absolute Gasteiger partial charge is 0.472 e. The van der Waals surface area contributed by atoms with Crippen molar-refractivity contribution < 1.29 is 14.3 Å². The van der Waals surface area contributed by atoms with Gasteiger partial charge in [0.2, 0.25) is 5.90 Å². The molecular weight excluding hydrogens is 280 g/mol. The summed E-state index contributed by atoms with van der Waals surface area (Å²) in [7, 11) is 0. The van der Waals surface area contributed by atoms with Crippen molar-refractivity contribution in [3.05, 3.63) is 47.7 Å². The summed E-state index contributed by atoms with van der Waals surface area (Å²) in [5.41, 5.74) is 2.17. The molecule has 0 amide bonds. The Morgan fingerprint density at radius 2 is 1.95 bits per heavy atom. The molecule has 1 aliphatic heterocycles. The Balaban J connectivity index is 2.32. The zero-order valence-electron chi connectivity index (χ0n) is 13.2. The van der Waals surface area contributed by atoms with Crippen molar-refractivity contribution in [1.82, 2.24) is 5.32 Å². The molecule has 0 bridgehead atoms. The number of nitrogens with one attached hydrogen (secondary N) is 2. The molecular formula is C17H20N2O3. The van der Waals surface area contributed by atoms with E-state index < -0.39 is 11.6 Å². The molecule has 0 spiro atoms. The van der Waals surface area contributed by atoms with Crippen LogP contribution in [0, 0.1) is 5.41 Å². The fourth-order valence-corrected chi connectivity index (χ4v) is 1.76. The Hall–Kier alpha value is -2.56. The van der Waals surface area contributed by atoms with Gasteiger partial charge in [0.05, 0.1) is 5.70 Å². The highest BCUT2D eigenvalue weighted by molar-refractivity contribution is 5.99. The van der Waals surface area contributed by atoms with Crippen molar-refractivity contribution >= 4 is 17.6 Å². The van der Waals surface area contributed by atoms with Crippen molar-refractivity contribution in [2.24, 2.45) is 0 Å². The smallest absolute Gasteiger partial charge is 0.338 e. The quantitative estimate of drug-likeness (QED) is 0.294. The van der Waals surface area contributed by atoms with Crippen LogP contribution in [-0.2, 0) is 9.53 Å². The second-order valence-electron chi connectivity index (χ2n) is 6.12. The van der Waals surface area contributed by atoms with Crippen LogP contribution >= 0.6 is 0 Å². The summed E-state index contributed by atoms with van der Waals surface area (Å²) in [6, 6.07) is 5.11. The number of ether oxygens (including phenoxy) is 2. The summed E-state index contributed by atoms with van der Waals surface area (Å²) in [5, 5.41) is 11.2. The highest BCUT2D eigenvalue weighted by Crippen LogP contribution is 2.28. The normalized spacial score (nSPS) is 12.8. The number of benzene rings is 1. The van der Waals surface area contributed by atoms with E-state index in [9.17, 15) is 4.79 Å². The molecule has 116 valence electrons. The molecule has 22 heavy (non-hydrogen) atoms. The van der Waals surface area contributed by atoms with Gasteiger partial charge in [-0.25, -0.2) is 4.79 Å². The predicted octanol–water partition coefficient (Wildman–Crippen LogP) is 3.21. The van der Waals surface area contributed by atoms with Crippen molar-refractivity contribution in [1.29, 1.82) is 5.41 Å². The topological polar surface area (TPSA) is 81.3 Å². The number of hydrogen-bond acceptors (Lipinski definition) is 5. The maximum Gasteiger partial charge on any atom is 0.338 e. The third kappa shape index (κ3) is 3.97. The lowest BCUT2D eigenvalue weighted by molar-refractivity contribution is -0.130. The molecule has 1 aromatic rings. The third-order valence-electron chi connectivity index (χ3n) is 2.78. The Labute approximate surface area is 130 Å². The molecule has 2 rings (SSSR count). The fraction of sp³-hybridized carbons (Fsp3) is 0.294. The monoisotopic (exact) mass is 300 g/mol. The minimum Gasteiger partial charge on any atom is -0.472 e. The number of esters is 1. The van der Waals surface area contributed by atoms with Crippen molar-refractivity contribution in [3.63, 3.8) is 0 Å². The van der Waals surface area contributed by atoms with E-state index in [1.807, 2.05) is 27.0 Å². The minimum atomic E-state index is -0.495. The van der Waals surface area contributed by atoms with E-state index in [-0.39, 0.29) is 5.90 Å². The zero-order chi connectivity index (χ0) is 16.5.